The molecule has 1 aliphatic heterocycles. The van der Waals surface area contributed by atoms with Crippen LogP contribution in [-0.4, -0.2) is 51.9 Å². The number of fused-ring (bicyclic) bond motifs is 1. The maximum Gasteiger partial charge on any atom is 0.253 e. The second kappa shape index (κ2) is 13.5. The summed E-state index contributed by atoms with van der Waals surface area (Å²) in [6, 6.07) is 15.0. The molecule has 2 aliphatic rings. The van der Waals surface area contributed by atoms with Crippen LogP contribution in [0.15, 0.2) is 53.5 Å². The molecule has 8 heteroatoms. The van der Waals surface area contributed by atoms with Gasteiger partial charge in [0.15, 0.2) is 0 Å². The molecule has 8 nitrogen and oxygen atoms in total. The molecule has 0 radical (unpaired) electrons. The van der Waals surface area contributed by atoms with Gasteiger partial charge in [0.05, 0.1) is 36.5 Å². The lowest BCUT2D eigenvalue weighted by molar-refractivity contribution is 0.0342. The van der Waals surface area contributed by atoms with Crippen LogP contribution in [0.4, 0.5) is 0 Å². The van der Waals surface area contributed by atoms with Gasteiger partial charge in [0, 0.05) is 42.8 Å². The van der Waals surface area contributed by atoms with Gasteiger partial charge < -0.3 is 15.0 Å². The van der Waals surface area contributed by atoms with Gasteiger partial charge >= 0.3 is 0 Å². The molecule has 222 valence electrons. The smallest absolute Gasteiger partial charge is 0.253 e. The van der Waals surface area contributed by atoms with Crippen LogP contribution >= 0.6 is 0 Å². The highest BCUT2D eigenvalue weighted by Crippen LogP contribution is 2.35. The molecule has 42 heavy (non-hydrogen) atoms. The predicted molar refractivity (Wildman–Crippen MR) is 168 cm³/mol. The molecule has 0 atom stereocenters. The van der Waals surface area contributed by atoms with Gasteiger partial charge in [0.1, 0.15) is 0 Å². The lowest BCUT2D eigenvalue weighted by Gasteiger charge is -2.26. The fourth-order valence-electron chi connectivity index (χ4n) is 6.12. The highest BCUT2D eigenvalue weighted by molar-refractivity contribution is 6.08. The number of morpholine rings is 1. The zero-order valence-electron chi connectivity index (χ0n) is 25.3. The summed E-state index contributed by atoms with van der Waals surface area (Å²) in [5.74, 6) is -0.207. The fourth-order valence-corrected chi connectivity index (χ4v) is 6.12. The minimum atomic E-state index is -0.207. The third kappa shape index (κ3) is 6.50. The van der Waals surface area contributed by atoms with Crippen LogP contribution in [0.25, 0.3) is 22.0 Å². The van der Waals surface area contributed by atoms with E-state index in [1.165, 1.54) is 18.4 Å². The molecule has 2 aromatic carbocycles. The Hall–Kier alpha value is -3.75. The van der Waals surface area contributed by atoms with Crippen molar-refractivity contribution in [3.05, 3.63) is 87.0 Å². The predicted octanol–water partition coefficient (Wildman–Crippen LogP) is 5.91. The fraction of sp³-hybridized carbons (Fsp3) is 0.441. The Kier molecular flexibility index (Phi) is 9.55. The van der Waals surface area contributed by atoms with E-state index in [0.29, 0.717) is 17.2 Å². The van der Waals surface area contributed by atoms with Gasteiger partial charge in [-0.2, -0.15) is 5.10 Å². The molecule has 1 saturated heterocycles. The average molecular weight is 570 g/mol. The third-order valence-electron chi connectivity index (χ3n) is 8.35. The number of aromatic nitrogens is 3. The second-order valence-electron chi connectivity index (χ2n) is 11.2. The van der Waals surface area contributed by atoms with Gasteiger partial charge in [-0.05, 0) is 67.1 Å². The molecule has 1 aliphatic carbocycles. The number of ether oxygens (including phenoxy) is 1. The largest absolute Gasteiger partial charge is 0.379 e. The Morgan fingerprint density at radius 1 is 1.02 bits per heavy atom. The van der Waals surface area contributed by atoms with Crippen LogP contribution in [0, 0.1) is 13.8 Å². The lowest BCUT2D eigenvalue weighted by atomic mass is 9.98. The van der Waals surface area contributed by atoms with Gasteiger partial charge in [-0.1, -0.05) is 51.0 Å². The van der Waals surface area contributed by atoms with E-state index >= 15 is 0 Å². The number of nitrogens with one attached hydrogen (secondary N) is 2. The first-order valence-electron chi connectivity index (χ1n) is 15.3. The zero-order chi connectivity index (χ0) is 29.6. The quantitative estimate of drug-likeness (QED) is 0.289. The number of aryl methyl sites for hydroxylation is 2. The van der Waals surface area contributed by atoms with E-state index in [4.69, 9.17) is 9.84 Å². The maximum atomic E-state index is 13.6. The minimum Gasteiger partial charge on any atom is -0.379 e. The number of aromatic amines is 1. The normalized spacial score (nSPS) is 15.9. The number of nitrogens with zero attached hydrogens (tertiary/aromatic N) is 3. The molecule has 1 saturated carbocycles. The maximum absolute atomic E-state index is 13.6. The molecule has 2 aromatic heterocycles. The highest BCUT2D eigenvalue weighted by atomic mass is 16.5. The average Bonchev–Trinajstić information content (AvgIpc) is 3.68. The number of carbonyl (C=O) groups excluding carboxylic acids is 1. The van der Waals surface area contributed by atoms with Gasteiger partial charge in [-0.3, -0.25) is 19.2 Å². The third-order valence-corrected chi connectivity index (χ3v) is 8.35. The first-order chi connectivity index (χ1) is 20.5. The molecule has 2 fully saturated rings. The summed E-state index contributed by atoms with van der Waals surface area (Å²) in [5, 5.41) is 8.60. The van der Waals surface area contributed by atoms with Crippen LogP contribution in [0.1, 0.15) is 78.3 Å². The van der Waals surface area contributed by atoms with Crippen LogP contribution in [-0.2, 0) is 17.8 Å². The van der Waals surface area contributed by atoms with Crippen molar-refractivity contribution in [2.75, 3.05) is 26.3 Å². The van der Waals surface area contributed by atoms with Gasteiger partial charge in [-0.25, -0.2) is 0 Å². The Morgan fingerprint density at radius 2 is 1.74 bits per heavy atom. The second-order valence-corrected chi connectivity index (χ2v) is 11.2. The number of rotatable bonds is 7. The Balaban J connectivity index is 0.00000173. The molecule has 1 amide bonds. The Morgan fingerprint density at radius 3 is 2.43 bits per heavy atom. The van der Waals surface area contributed by atoms with Crippen LogP contribution < -0.4 is 10.9 Å². The molecule has 0 spiro atoms. The SMILES string of the molecule is CC.Cc1cc(C)c(CNC(=O)c2cc(-c3ccc(CN4CCOCC4)cc3)cc3c2cnn3C2CCCC2)c(=O)[nH]1. The lowest BCUT2D eigenvalue weighted by Crippen LogP contribution is -2.35. The summed E-state index contributed by atoms with van der Waals surface area (Å²) in [5.41, 5.74) is 6.96. The molecule has 0 bridgehead atoms. The molecule has 2 N–H and O–H groups in total. The van der Waals surface area contributed by atoms with Crippen LogP contribution in [0.3, 0.4) is 0 Å². The summed E-state index contributed by atoms with van der Waals surface area (Å²) in [6.07, 6.45) is 6.44. The minimum absolute atomic E-state index is 0.164. The Labute approximate surface area is 248 Å². The summed E-state index contributed by atoms with van der Waals surface area (Å²) in [7, 11) is 0. The summed E-state index contributed by atoms with van der Waals surface area (Å²) >= 11 is 0. The first kappa shape index (κ1) is 29.7. The summed E-state index contributed by atoms with van der Waals surface area (Å²) in [6.45, 7) is 12.3. The van der Waals surface area contributed by atoms with Crippen LogP contribution in [0.5, 0.6) is 0 Å². The van der Waals surface area contributed by atoms with Gasteiger partial charge in [0.25, 0.3) is 11.5 Å². The van der Waals surface area contributed by atoms with Crippen LogP contribution in [0.2, 0.25) is 0 Å². The monoisotopic (exact) mass is 569 g/mol. The number of hydrogen-bond acceptors (Lipinski definition) is 5. The number of hydrogen-bond donors (Lipinski definition) is 2. The molecule has 6 rings (SSSR count). The molecular weight excluding hydrogens is 526 g/mol. The first-order valence-corrected chi connectivity index (χ1v) is 15.3. The Bertz CT molecular complexity index is 1580. The molecule has 0 unspecified atom stereocenters. The van der Waals surface area contributed by atoms with Crippen molar-refractivity contribution in [3.8, 4) is 11.1 Å². The number of H-pyrrole nitrogens is 1. The molecule has 4 aromatic rings. The van der Waals surface area contributed by atoms with Crippen molar-refractivity contribution in [1.82, 2.24) is 25.0 Å². The van der Waals surface area contributed by atoms with Crippen molar-refractivity contribution >= 4 is 16.8 Å². The van der Waals surface area contributed by atoms with E-state index in [-0.39, 0.29) is 18.0 Å². The van der Waals surface area contributed by atoms with E-state index in [1.807, 2.05) is 46.0 Å². The molecule has 3 heterocycles. The van der Waals surface area contributed by atoms with E-state index in [9.17, 15) is 9.59 Å². The van der Waals surface area contributed by atoms with Gasteiger partial charge in [0.2, 0.25) is 0 Å². The van der Waals surface area contributed by atoms with Crippen molar-refractivity contribution in [3.63, 3.8) is 0 Å². The van der Waals surface area contributed by atoms with E-state index in [0.717, 1.165) is 79.0 Å². The van der Waals surface area contributed by atoms with Crippen molar-refractivity contribution in [1.29, 1.82) is 0 Å². The number of pyridine rings is 1. The molecular formula is C34H43N5O3. The van der Waals surface area contributed by atoms with Crippen molar-refractivity contribution in [2.45, 2.75) is 72.5 Å². The number of carbonyl (C=O) groups is 1. The van der Waals surface area contributed by atoms with E-state index < -0.39 is 0 Å². The van der Waals surface area contributed by atoms with Crippen molar-refractivity contribution in [2.24, 2.45) is 0 Å². The highest BCUT2D eigenvalue weighted by Gasteiger charge is 2.23. The zero-order valence-corrected chi connectivity index (χ0v) is 25.3. The summed E-state index contributed by atoms with van der Waals surface area (Å²) in [4.78, 5) is 31.4. The van der Waals surface area contributed by atoms with E-state index in [2.05, 4.69) is 50.2 Å². The standard InChI is InChI=1S/C32H37N5O3.C2H6/c1-21-15-22(2)35-32(39)28(21)18-33-31(38)27-16-25(17-30-29(27)19-34-37(30)26-5-3-4-6-26)24-9-7-23(8-10-24)20-36-11-13-40-14-12-36;1-2/h7-10,15-17,19,26H,3-6,11-14,18,20H2,1-2H3,(H,33,38)(H,35,39);1-2H3. The number of benzene rings is 2. The van der Waals surface area contributed by atoms with E-state index in [1.54, 1.807) is 0 Å². The number of amides is 1. The topological polar surface area (TPSA) is 92.2 Å². The van der Waals surface area contributed by atoms with Gasteiger partial charge in [-0.15, -0.1) is 0 Å². The summed E-state index contributed by atoms with van der Waals surface area (Å²) < 4.78 is 7.60. The van der Waals surface area contributed by atoms with Crippen molar-refractivity contribution < 1.29 is 9.53 Å².